The van der Waals surface area contributed by atoms with Gasteiger partial charge in [-0.15, -0.1) is 11.3 Å². The lowest BCUT2D eigenvalue weighted by Gasteiger charge is -1.98. The number of nitriles is 1. The van der Waals surface area contributed by atoms with Gasteiger partial charge in [0.15, 0.2) is 0 Å². The summed E-state index contributed by atoms with van der Waals surface area (Å²) in [5, 5.41) is 12.8. The quantitative estimate of drug-likeness (QED) is 0.483. The fourth-order valence-corrected chi connectivity index (χ4v) is 3.39. The Kier molecular flexibility index (Phi) is 4.92. The molecule has 0 atom stereocenters. The zero-order valence-corrected chi connectivity index (χ0v) is 15.0. The van der Waals surface area contributed by atoms with Crippen LogP contribution in [0, 0.1) is 11.3 Å². The first-order valence-corrected chi connectivity index (χ1v) is 8.80. The molecule has 0 fully saturated rings. The Labute approximate surface area is 151 Å². The van der Waals surface area contributed by atoms with Crippen molar-refractivity contribution in [2.24, 2.45) is 0 Å². The minimum atomic E-state index is 0.549. The molecule has 5 heteroatoms. The van der Waals surface area contributed by atoms with Crippen LogP contribution < -0.4 is 0 Å². The lowest BCUT2D eigenvalue weighted by molar-refractivity contribution is 1.37. The van der Waals surface area contributed by atoms with Gasteiger partial charge in [-0.05, 0) is 35.9 Å². The zero-order chi connectivity index (χ0) is 16.2. The SMILES string of the molecule is N#CC(=Cc1cccc(Br)c1)c1nc(-c2ccc(Cl)cc2)cs1. The van der Waals surface area contributed by atoms with E-state index in [1.165, 1.54) is 11.3 Å². The Morgan fingerprint density at radius 2 is 2.00 bits per heavy atom. The molecule has 0 N–H and O–H groups in total. The van der Waals surface area contributed by atoms with Crippen LogP contribution in [0.5, 0.6) is 0 Å². The predicted molar refractivity (Wildman–Crippen MR) is 100 cm³/mol. The number of allylic oxidation sites excluding steroid dienone is 1. The van der Waals surface area contributed by atoms with Crippen molar-refractivity contribution in [2.45, 2.75) is 0 Å². The molecule has 2 aromatic carbocycles. The molecule has 0 bridgehead atoms. The van der Waals surface area contributed by atoms with Gasteiger partial charge in [-0.2, -0.15) is 5.26 Å². The van der Waals surface area contributed by atoms with Crippen molar-refractivity contribution in [3.05, 3.63) is 74.0 Å². The van der Waals surface area contributed by atoms with E-state index in [0.717, 1.165) is 21.3 Å². The van der Waals surface area contributed by atoms with Crippen molar-refractivity contribution in [1.82, 2.24) is 4.98 Å². The van der Waals surface area contributed by atoms with Crippen LogP contribution in [-0.4, -0.2) is 4.98 Å². The maximum Gasteiger partial charge on any atom is 0.134 e. The van der Waals surface area contributed by atoms with Crippen molar-refractivity contribution in [3.8, 4) is 17.3 Å². The van der Waals surface area contributed by atoms with E-state index in [2.05, 4.69) is 27.0 Å². The van der Waals surface area contributed by atoms with Crippen molar-refractivity contribution in [3.63, 3.8) is 0 Å². The molecule has 0 amide bonds. The molecule has 0 aliphatic heterocycles. The molecule has 0 aliphatic carbocycles. The third-order valence-corrected chi connectivity index (χ3v) is 4.78. The molecule has 0 saturated heterocycles. The first kappa shape index (κ1) is 15.9. The van der Waals surface area contributed by atoms with E-state index < -0.39 is 0 Å². The summed E-state index contributed by atoms with van der Waals surface area (Å²) >= 11 is 10.8. The fourth-order valence-electron chi connectivity index (χ4n) is 2.06. The van der Waals surface area contributed by atoms with Crippen LogP contribution in [0.25, 0.3) is 22.9 Å². The van der Waals surface area contributed by atoms with E-state index in [-0.39, 0.29) is 0 Å². The Balaban J connectivity index is 1.94. The molecule has 0 radical (unpaired) electrons. The van der Waals surface area contributed by atoms with Crippen LogP contribution in [0.15, 0.2) is 58.4 Å². The maximum absolute atomic E-state index is 9.45. The summed E-state index contributed by atoms with van der Waals surface area (Å²) < 4.78 is 0.976. The normalized spacial score (nSPS) is 11.3. The van der Waals surface area contributed by atoms with Crippen molar-refractivity contribution in [1.29, 1.82) is 5.26 Å². The van der Waals surface area contributed by atoms with Gasteiger partial charge in [-0.25, -0.2) is 4.98 Å². The monoisotopic (exact) mass is 400 g/mol. The highest BCUT2D eigenvalue weighted by molar-refractivity contribution is 9.10. The van der Waals surface area contributed by atoms with E-state index in [4.69, 9.17) is 11.6 Å². The Morgan fingerprint density at radius 3 is 2.70 bits per heavy atom. The molecular weight excluding hydrogens is 392 g/mol. The summed E-state index contributed by atoms with van der Waals surface area (Å²) in [6.07, 6.45) is 1.84. The molecule has 3 rings (SSSR count). The number of aromatic nitrogens is 1. The lowest BCUT2D eigenvalue weighted by atomic mass is 10.1. The maximum atomic E-state index is 9.45. The number of rotatable bonds is 3. The standard InChI is InChI=1S/C18H10BrClN2S/c19-15-3-1-2-12(9-15)8-14(10-21)18-22-17(11-23-18)13-4-6-16(20)7-5-13/h1-9,11H. The van der Waals surface area contributed by atoms with Gasteiger partial charge in [0.1, 0.15) is 11.1 Å². The van der Waals surface area contributed by atoms with Gasteiger partial charge in [0.25, 0.3) is 0 Å². The van der Waals surface area contributed by atoms with Gasteiger partial charge < -0.3 is 0 Å². The van der Waals surface area contributed by atoms with Crippen molar-refractivity contribution < 1.29 is 0 Å². The third-order valence-electron chi connectivity index (χ3n) is 3.15. The molecule has 0 unspecified atom stereocenters. The largest absolute Gasteiger partial charge is 0.235 e. The number of hydrogen-bond donors (Lipinski definition) is 0. The average molecular weight is 402 g/mol. The first-order chi connectivity index (χ1) is 11.2. The highest BCUT2D eigenvalue weighted by atomic mass is 79.9. The topological polar surface area (TPSA) is 36.7 Å². The van der Waals surface area contributed by atoms with Gasteiger partial charge in [0, 0.05) is 20.4 Å². The van der Waals surface area contributed by atoms with E-state index in [1.807, 2.05) is 60.0 Å². The molecule has 0 aliphatic rings. The number of hydrogen-bond acceptors (Lipinski definition) is 3. The Bertz CT molecular complexity index is 907. The highest BCUT2D eigenvalue weighted by Crippen LogP contribution is 2.28. The van der Waals surface area contributed by atoms with Crippen LogP contribution >= 0.6 is 38.9 Å². The minimum Gasteiger partial charge on any atom is -0.235 e. The molecule has 3 aromatic rings. The fraction of sp³-hybridized carbons (Fsp3) is 0. The molecule has 1 heterocycles. The van der Waals surface area contributed by atoms with Crippen LogP contribution in [0.2, 0.25) is 5.02 Å². The first-order valence-electron chi connectivity index (χ1n) is 6.75. The summed E-state index contributed by atoms with van der Waals surface area (Å²) in [4.78, 5) is 4.57. The van der Waals surface area contributed by atoms with Crippen molar-refractivity contribution in [2.75, 3.05) is 0 Å². The summed E-state index contributed by atoms with van der Waals surface area (Å²) in [5.74, 6) is 0. The van der Waals surface area contributed by atoms with E-state index in [0.29, 0.717) is 15.6 Å². The minimum absolute atomic E-state index is 0.549. The molecule has 0 saturated carbocycles. The third kappa shape index (κ3) is 3.89. The zero-order valence-electron chi connectivity index (χ0n) is 11.8. The average Bonchev–Trinajstić information content (AvgIpc) is 3.03. The van der Waals surface area contributed by atoms with Crippen LogP contribution in [0.4, 0.5) is 0 Å². The number of benzene rings is 2. The van der Waals surface area contributed by atoms with Crippen molar-refractivity contribution >= 4 is 50.5 Å². The summed E-state index contributed by atoms with van der Waals surface area (Å²) in [6, 6.07) is 17.5. The molecule has 112 valence electrons. The molecule has 0 spiro atoms. The van der Waals surface area contributed by atoms with Gasteiger partial charge in [-0.1, -0.05) is 51.8 Å². The van der Waals surface area contributed by atoms with E-state index in [9.17, 15) is 5.26 Å². The summed E-state index contributed by atoms with van der Waals surface area (Å²) in [6.45, 7) is 0. The second-order valence-electron chi connectivity index (χ2n) is 4.77. The molecule has 23 heavy (non-hydrogen) atoms. The summed E-state index contributed by atoms with van der Waals surface area (Å²) in [7, 11) is 0. The number of nitrogens with zero attached hydrogens (tertiary/aromatic N) is 2. The number of thiazole rings is 1. The van der Waals surface area contributed by atoms with Gasteiger partial charge in [0.05, 0.1) is 11.3 Å². The second-order valence-corrected chi connectivity index (χ2v) is 6.98. The molecule has 1 aromatic heterocycles. The van der Waals surface area contributed by atoms with Crippen LogP contribution in [0.1, 0.15) is 10.6 Å². The smallest absolute Gasteiger partial charge is 0.134 e. The number of halogens is 2. The highest BCUT2D eigenvalue weighted by Gasteiger charge is 2.09. The van der Waals surface area contributed by atoms with Crippen LogP contribution in [0.3, 0.4) is 0 Å². The van der Waals surface area contributed by atoms with Gasteiger partial charge >= 0.3 is 0 Å². The lowest BCUT2D eigenvalue weighted by Crippen LogP contribution is -1.83. The Hall–Kier alpha value is -1.93. The summed E-state index contributed by atoms with van der Waals surface area (Å²) in [5.41, 5.74) is 3.33. The van der Waals surface area contributed by atoms with Crippen LogP contribution in [-0.2, 0) is 0 Å². The van der Waals surface area contributed by atoms with E-state index >= 15 is 0 Å². The molecule has 2 nitrogen and oxygen atoms in total. The van der Waals surface area contributed by atoms with Gasteiger partial charge in [-0.3, -0.25) is 0 Å². The van der Waals surface area contributed by atoms with Gasteiger partial charge in [0.2, 0.25) is 0 Å². The van der Waals surface area contributed by atoms with E-state index in [1.54, 1.807) is 0 Å². The molecular formula is C18H10BrClN2S. The predicted octanol–water partition coefficient (Wildman–Crippen LogP) is 6.29. The second kappa shape index (κ2) is 7.10. The Morgan fingerprint density at radius 1 is 1.22 bits per heavy atom.